The molecule has 0 radical (unpaired) electrons. The molecule has 1 heterocycles. The molecule has 0 aromatic carbocycles. The van der Waals surface area contributed by atoms with Crippen molar-refractivity contribution in [2.75, 3.05) is 0 Å². The van der Waals surface area contributed by atoms with Gasteiger partial charge in [0.25, 0.3) is 0 Å². The first kappa shape index (κ1) is 17.4. The van der Waals surface area contributed by atoms with Crippen LogP contribution in [-0.2, 0) is 4.43 Å². The number of nitrogens with zero attached hydrogens (tertiary/aromatic N) is 2. The van der Waals surface area contributed by atoms with Gasteiger partial charge in [-0.2, -0.15) is 9.49 Å². The number of hydrogen-bond acceptors (Lipinski definition) is 2. The predicted octanol–water partition coefficient (Wildman–Crippen LogP) is 5.13. The van der Waals surface area contributed by atoms with Crippen molar-refractivity contribution in [1.82, 2.24) is 9.78 Å². The van der Waals surface area contributed by atoms with E-state index < -0.39 is 8.32 Å². The Kier molecular flexibility index (Phi) is 5.20. The highest BCUT2D eigenvalue weighted by Gasteiger charge is 2.40. The molecule has 0 bridgehead atoms. The molecule has 6 heteroatoms. The average Bonchev–Trinajstić information content (AvgIpc) is 2.69. The third-order valence-corrected chi connectivity index (χ3v) is 10.2. The van der Waals surface area contributed by atoms with Crippen LogP contribution in [0.1, 0.15) is 52.5 Å². The molecule has 1 aromatic heterocycles. The fourth-order valence-electron chi connectivity index (χ4n) is 2.58. The van der Waals surface area contributed by atoms with E-state index >= 15 is 0 Å². The Bertz CT molecular complexity index is 490. The molecule has 120 valence electrons. The van der Waals surface area contributed by atoms with E-state index in [2.05, 4.69) is 39.0 Å². The monoisotopic (exact) mass is 424 g/mol. The predicted molar refractivity (Wildman–Crippen MR) is 94.5 cm³/mol. The fraction of sp³-hybridized carbons (Fsp3) is 0.800. The summed E-state index contributed by atoms with van der Waals surface area (Å²) in [4.78, 5) is 0. The Hall–Kier alpha value is 0.0469. The zero-order valence-electron chi connectivity index (χ0n) is 13.6. The van der Waals surface area contributed by atoms with Crippen LogP contribution in [0.2, 0.25) is 18.1 Å². The highest BCUT2D eigenvalue weighted by Crippen LogP contribution is 2.40. The van der Waals surface area contributed by atoms with Crippen LogP contribution in [0.25, 0.3) is 0 Å². The van der Waals surface area contributed by atoms with Crippen molar-refractivity contribution in [3.05, 3.63) is 15.7 Å². The number of halogens is 2. The van der Waals surface area contributed by atoms with Crippen molar-refractivity contribution in [2.24, 2.45) is 0 Å². The molecule has 1 aromatic rings. The summed E-state index contributed by atoms with van der Waals surface area (Å²) in [5.74, 6) is -0.190. The Morgan fingerprint density at radius 2 is 1.86 bits per heavy atom. The largest absolute Gasteiger partial charge is 0.414 e. The van der Waals surface area contributed by atoms with Crippen molar-refractivity contribution in [1.29, 1.82) is 0 Å². The highest BCUT2D eigenvalue weighted by molar-refractivity contribution is 14.1. The minimum Gasteiger partial charge on any atom is -0.414 e. The summed E-state index contributed by atoms with van der Waals surface area (Å²) in [6, 6.07) is 0.188. The molecule has 1 saturated carbocycles. The molecule has 0 atom stereocenters. The van der Waals surface area contributed by atoms with Gasteiger partial charge in [0.2, 0.25) is 5.95 Å². The minimum atomic E-state index is -1.70. The fourth-order valence-corrected chi connectivity index (χ4v) is 4.38. The van der Waals surface area contributed by atoms with Crippen molar-refractivity contribution in [3.63, 3.8) is 0 Å². The van der Waals surface area contributed by atoms with Crippen molar-refractivity contribution < 1.29 is 8.82 Å². The normalized spacial score (nSPS) is 24.3. The van der Waals surface area contributed by atoms with E-state index in [-0.39, 0.29) is 17.0 Å². The second-order valence-electron chi connectivity index (χ2n) is 7.54. The lowest BCUT2D eigenvalue weighted by molar-refractivity contribution is 0.112. The van der Waals surface area contributed by atoms with Gasteiger partial charge in [-0.1, -0.05) is 20.8 Å². The Labute approximate surface area is 141 Å². The molecule has 0 saturated heterocycles. The zero-order valence-corrected chi connectivity index (χ0v) is 16.8. The molecule has 1 aliphatic carbocycles. The van der Waals surface area contributed by atoms with Gasteiger partial charge in [-0.05, 0) is 66.4 Å². The second kappa shape index (κ2) is 6.27. The molecule has 0 N–H and O–H groups in total. The van der Waals surface area contributed by atoms with Gasteiger partial charge >= 0.3 is 0 Å². The summed E-state index contributed by atoms with van der Waals surface area (Å²) < 4.78 is 22.6. The van der Waals surface area contributed by atoms with Gasteiger partial charge in [0, 0.05) is 6.10 Å². The van der Waals surface area contributed by atoms with Crippen LogP contribution in [0.5, 0.6) is 0 Å². The first-order valence-corrected chi connectivity index (χ1v) is 11.7. The molecule has 0 aliphatic heterocycles. The van der Waals surface area contributed by atoms with Gasteiger partial charge in [0.15, 0.2) is 8.32 Å². The van der Waals surface area contributed by atoms with Gasteiger partial charge < -0.3 is 4.43 Å². The third-order valence-electron chi connectivity index (χ3n) is 4.95. The van der Waals surface area contributed by atoms with Crippen LogP contribution in [0.3, 0.4) is 0 Å². The summed E-state index contributed by atoms with van der Waals surface area (Å²) in [6.45, 7) is 11.4. The molecule has 1 aliphatic rings. The van der Waals surface area contributed by atoms with E-state index in [1.165, 1.54) is 0 Å². The average molecular weight is 424 g/mol. The van der Waals surface area contributed by atoms with Crippen LogP contribution in [0.4, 0.5) is 4.39 Å². The third kappa shape index (κ3) is 3.88. The highest BCUT2D eigenvalue weighted by atomic mass is 127. The maximum Gasteiger partial charge on any atom is 0.225 e. The van der Waals surface area contributed by atoms with Gasteiger partial charge in [-0.3, -0.25) is 0 Å². The topological polar surface area (TPSA) is 27.1 Å². The maximum absolute atomic E-state index is 13.9. The summed E-state index contributed by atoms with van der Waals surface area (Å²) in [6.07, 6.45) is 5.86. The molecule has 1 fully saturated rings. The van der Waals surface area contributed by atoms with E-state index in [0.29, 0.717) is 9.67 Å². The van der Waals surface area contributed by atoms with E-state index in [9.17, 15) is 4.39 Å². The summed E-state index contributed by atoms with van der Waals surface area (Å²) in [5, 5.41) is 4.42. The lowest BCUT2D eigenvalue weighted by atomic mass is 9.93. The Morgan fingerprint density at radius 1 is 1.29 bits per heavy atom. The van der Waals surface area contributed by atoms with Gasteiger partial charge in [-0.15, -0.1) is 0 Å². The van der Waals surface area contributed by atoms with Crippen LogP contribution >= 0.6 is 22.6 Å². The van der Waals surface area contributed by atoms with Crippen molar-refractivity contribution in [2.45, 2.75) is 76.7 Å². The standard InChI is InChI=1S/C15H26FIN2OSi/c1-15(2,3)21(4,5)20-12-8-6-11(7-9-12)19-14(16)13(17)10-18-19/h10-12H,6-9H2,1-5H3. The smallest absolute Gasteiger partial charge is 0.225 e. The van der Waals surface area contributed by atoms with E-state index in [4.69, 9.17) is 4.43 Å². The van der Waals surface area contributed by atoms with Crippen molar-refractivity contribution >= 4 is 30.9 Å². The Balaban J connectivity index is 1.94. The SMILES string of the molecule is CC(C)(C)[Si](C)(C)OC1CCC(n2ncc(I)c2F)CC1. The van der Waals surface area contributed by atoms with E-state index in [0.717, 1.165) is 25.7 Å². The Morgan fingerprint density at radius 3 is 2.29 bits per heavy atom. The summed E-state index contributed by atoms with van der Waals surface area (Å²) in [7, 11) is -1.70. The van der Waals surface area contributed by atoms with E-state index in [1.54, 1.807) is 10.9 Å². The molecular weight excluding hydrogens is 398 g/mol. The molecule has 0 unspecified atom stereocenters. The first-order chi connectivity index (χ1) is 9.62. The molecule has 0 amide bonds. The zero-order chi connectivity index (χ0) is 15.8. The number of aromatic nitrogens is 2. The van der Waals surface area contributed by atoms with Crippen LogP contribution < -0.4 is 0 Å². The van der Waals surface area contributed by atoms with Crippen LogP contribution in [-0.4, -0.2) is 24.2 Å². The molecular formula is C15H26FIN2OSi. The number of hydrogen-bond donors (Lipinski definition) is 0. The lowest BCUT2D eigenvalue weighted by Gasteiger charge is -2.41. The first-order valence-electron chi connectivity index (χ1n) is 7.68. The molecule has 2 rings (SSSR count). The quantitative estimate of drug-likeness (QED) is 0.497. The minimum absolute atomic E-state index is 0.188. The van der Waals surface area contributed by atoms with Gasteiger partial charge in [-0.25, -0.2) is 4.68 Å². The molecule has 0 spiro atoms. The number of rotatable bonds is 3. The van der Waals surface area contributed by atoms with E-state index in [1.807, 2.05) is 22.6 Å². The van der Waals surface area contributed by atoms with Gasteiger partial charge in [0.1, 0.15) is 0 Å². The van der Waals surface area contributed by atoms with Crippen molar-refractivity contribution in [3.8, 4) is 0 Å². The molecule has 21 heavy (non-hydrogen) atoms. The van der Waals surface area contributed by atoms with Crippen LogP contribution in [0.15, 0.2) is 6.20 Å². The van der Waals surface area contributed by atoms with Gasteiger partial charge in [0.05, 0.1) is 15.8 Å². The second-order valence-corrected chi connectivity index (χ2v) is 13.5. The maximum atomic E-state index is 13.9. The summed E-state index contributed by atoms with van der Waals surface area (Å²) in [5.41, 5.74) is 0. The summed E-state index contributed by atoms with van der Waals surface area (Å²) >= 11 is 1.99. The molecule has 3 nitrogen and oxygen atoms in total. The van der Waals surface area contributed by atoms with Crippen LogP contribution in [0, 0.1) is 9.52 Å². The lowest BCUT2D eigenvalue weighted by Crippen LogP contribution is -2.44.